The first kappa shape index (κ1) is 9.11. The predicted octanol–water partition coefficient (Wildman–Crippen LogP) is 2.58. The Morgan fingerprint density at radius 3 is 3.08 bits per heavy atom. The van der Waals surface area contributed by atoms with Crippen molar-refractivity contribution in [2.75, 3.05) is 13.6 Å². The van der Waals surface area contributed by atoms with Gasteiger partial charge in [0.25, 0.3) is 0 Å². The number of hydrogen-bond donors (Lipinski definition) is 0. The van der Waals surface area contributed by atoms with Crippen molar-refractivity contribution in [2.24, 2.45) is 5.92 Å². The average molecular weight is 163 g/mol. The largest absolute Gasteiger partial charge is 0.380 e. The maximum atomic E-state index is 3.64. The number of allylic oxidation sites excluding steroid dienone is 3. The van der Waals surface area contributed by atoms with E-state index in [-0.39, 0.29) is 0 Å². The molecule has 1 rings (SSSR count). The second-order valence-electron chi connectivity index (χ2n) is 3.28. The molecule has 1 aliphatic rings. The number of rotatable bonds is 4. The first-order valence-electron chi connectivity index (χ1n) is 4.49. The van der Waals surface area contributed by atoms with Gasteiger partial charge in [0.1, 0.15) is 0 Å². The molecule has 1 nitrogen and oxygen atoms in total. The molecule has 0 aromatic carbocycles. The topological polar surface area (TPSA) is 3.24 Å². The van der Waals surface area contributed by atoms with Crippen molar-refractivity contribution in [1.82, 2.24) is 4.90 Å². The molecule has 1 unspecified atom stereocenters. The summed E-state index contributed by atoms with van der Waals surface area (Å²) in [5.74, 6) is 0.754. The molecule has 0 spiro atoms. The fourth-order valence-corrected chi connectivity index (χ4v) is 1.49. The van der Waals surface area contributed by atoms with Gasteiger partial charge in [0.2, 0.25) is 0 Å². The van der Waals surface area contributed by atoms with Crippen LogP contribution in [0.5, 0.6) is 0 Å². The van der Waals surface area contributed by atoms with Gasteiger partial charge in [-0.3, -0.25) is 0 Å². The third-order valence-electron chi connectivity index (χ3n) is 2.11. The van der Waals surface area contributed by atoms with Crippen molar-refractivity contribution in [3.63, 3.8) is 0 Å². The molecule has 66 valence electrons. The SMILES string of the molecule is C=C/C=C\N(C)CC1C=CCC1. The van der Waals surface area contributed by atoms with Crippen LogP contribution in [0.15, 0.2) is 37.1 Å². The summed E-state index contributed by atoms with van der Waals surface area (Å²) in [6.07, 6.45) is 13.0. The Kier molecular flexibility index (Phi) is 3.65. The third kappa shape index (κ3) is 2.95. The van der Waals surface area contributed by atoms with Gasteiger partial charge < -0.3 is 4.90 Å². The molecule has 0 heterocycles. The molecular weight excluding hydrogens is 146 g/mol. The second kappa shape index (κ2) is 4.81. The van der Waals surface area contributed by atoms with Crippen LogP contribution in [0.2, 0.25) is 0 Å². The van der Waals surface area contributed by atoms with Gasteiger partial charge in [-0.25, -0.2) is 0 Å². The van der Waals surface area contributed by atoms with Gasteiger partial charge in [-0.15, -0.1) is 0 Å². The summed E-state index contributed by atoms with van der Waals surface area (Å²) in [6, 6.07) is 0. The van der Waals surface area contributed by atoms with Crippen LogP contribution in [0.4, 0.5) is 0 Å². The maximum absolute atomic E-state index is 3.64. The zero-order valence-corrected chi connectivity index (χ0v) is 7.74. The van der Waals surface area contributed by atoms with Gasteiger partial charge in [0.05, 0.1) is 0 Å². The van der Waals surface area contributed by atoms with Gasteiger partial charge in [-0.1, -0.05) is 24.8 Å². The number of hydrogen-bond acceptors (Lipinski definition) is 1. The van der Waals surface area contributed by atoms with Gasteiger partial charge in [-0.05, 0) is 31.0 Å². The minimum absolute atomic E-state index is 0.754. The van der Waals surface area contributed by atoms with E-state index in [1.165, 1.54) is 12.8 Å². The first-order chi connectivity index (χ1) is 5.83. The van der Waals surface area contributed by atoms with E-state index in [1.807, 2.05) is 6.08 Å². The predicted molar refractivity (Wildman–Crippen MR) is 53.8 cm³/mol. The van der Waals surface area contributed by atoms with E-state index in [1.54, 1.807) is 6.08 Å². The van der Waals surface area contributed by atoms with E-state index >= 15 is 0 Å². The minimum Gasteiger partial charge on any atom is -0.380 e. The van der Waals surface area contributed by atoms with E-state index in [4.69, 9.17) is 0 Å². The summed E-state index contributed by atoms with van der Waals surface area (Å²) in [4.78, 5) is 2.21. The molecule has 0 N–H and O–H groups in total. The summed E-state index contributed by atoms with van der Waals surface area (Å²) >= 11 is 0. The highest BCUT2D eigenvalue weighted by Crippen LogP contribution is 2.17. The van der Waals surface area contributed by atoms with Crippen LogP contribution < -0.4 is 0 Å². The van der Waals surface area contributed by atoms with Crippen molar-refractivity contribution in [2.45, 2.75) is 12.8 Å². The van der Waals surface area contributed by atoms with Crippen molar-refractivity contribution in [3.8, 4) is 0 Å². The fourth-order valence-electron chi connectivity index (χ4n) is 1.49. The molecule has 0 aromatic heterocycles. The Labute approximate surface area is 75.1 Å². The third-order valence-corrected chi connectivity index (χ3v) is 2.11. The van der Waals surface area contributed by atoms with E-state index in [0.29, 0.717) is 0 Å². The Balaban J connectivity index is 2.25. The van der Waals surface area contributed by atoms with Crippen molar-refractivity contribution < 1.29 is 0 Å². The minimum atomic E-state index is 0.754. The quantitative estimate of drug-likeness (QED) is 0.455. The molecule has 0 radical (unpaired) electrons. The molecule has 1 atom stereocenters. The highest BCUT2D eigenvalue weighted by Gasteiger charge is 2.09. The molecular formula is C11H17N. The summed E-state index contributed by atoms with van der Waals surface area (Å²) in [5.41, 5.74) is 0. The molecule has 0 fully saturated rings. The van der Waals surface area contributed by atoms with Crippen LogP contribution in [0, 0.1) is 5.92 Å². The van der Waals surface area contributed by atoms with Gasteiger partial charge in [0.15, 0.2) is 0 Å². The molecule has 12 heavy (non-hydrogen) atoms. The van der Waals surface area contributed by atoms with E-state index in [9.17, 15) is 0 Å². The van der Waals surface area contributed by atoms with E-state index in [2.05, 4.69) is 36.9 Å². The van der Waals surface area contributed by atoms with Crippen LogP contribution in [-0.4, -0.2) is 18.5 Å². The van der Waals surface area contributed by atoms with Crippen LogP contribution in [0.3, 0.4) is 0 Å². The fraction of sp³-hybridized carbons (Fsp3) is 0.455. The molecule has 0 aliphatic heterocycles. The summed E-state index contributed by atoms with van der Waals surface area (Å²) < 4.78 is 0. The summed E-state index contributed by atoms with van der Waals surface area (Å²) in [6.45, 7) is 4.76. The molecule has 0 saturated heterocycles. The zero-order valence-electron chi connectivity index (χ0n) is 7.74. The average Bonchev–Trinajstić information content (AvgIpc) is 2.53. The van der Waals surface area contributed by atoms with Crippen LogP contribution in [0.1, 0.15) is 12.8 Å². The Morgan fingerprint density at radius 1 is 1.67 bits per heavy atom. The van der Waals surface area contributed by atoms with Crippen molar-refractivity contribution >= 4 is 0 Å². The highest BCUT2D eigenvalue weighted by atomic mass is 15.1. The highest BCUT2D eigenvalue weighted by molar-refractivity contribution is 5.00. The molecule has 0 amide bonds. The monoisotopic (exact) mass is 163 g/mol. The zero-order chi connectivity index (χ0) is 8.81. The summed E-state index contributed by atoms with van der Waals surface area (Å²) in [5, 5.41) is 0. The number of nitrogens with zero attached hydrogens (tertiary/aromatic N) is 1. The smallest absolute Gasteiger partial charge is 0.0232 e. The van der Waals surface area contributed by atoms with Crippen LogP contribution in [-0.2, 0) is 0 Å². The van der Waals surface area contributed by atoms with Crippen LogP contribution in [0.25, 0.3) is 0 Å². The van der Waals surface area contributed by atoms with Crippen molar-refractivity contribution in [3.05, 3.63) is 37.1 Å². The van der Waals surface area contributed by atoms with Gasteiger partial charge in [0, 0.05) is 13.6 Å². The van der Waals surface area contributed by atoms with Crippen molar-refractivity contribution in [1.29, 1.82) is 0 Å². The lowest BCUT2D eigenvalue weighted by Crippen LogP contribution is -2.18. The lowest BCUT2D eigenvalue weighted by molar-refractivity contribution is 0.392. The normalized spacial score (nSPS) is 21.9. The second-order valence-corrected chi connectivity index (χ2v) is 3.28. The molecule has 0 saturated carbocycles. The maximum Gasteiger partial charge on any atom is 0.0232 e. The first-order valence-corrected chi connectivity index (χ1v) is 4.49. The Bertz CT molecular complexity index is 191. The van der Waals surface area contributed by atoms with E-state index in [0.717, 1.165) is 12.5 Å². The van der Waals surface area contributed by atoms with E-state index < -0.39 is 0 Å². The Morgan fingerprint density at radius 2 is 2.50 bits per heavy atom. The lowest BCUT2D eigenvalue weighted by atomic mass is 10.1. The molecule has 1 heteroatoms. The standard InChI is InChI=1S/C11H17N/c1-3-4-9-12(2)10-11-7-5-6-8-11/h3-5,7,9,11H,1,6,8,10H2,2H3/b9-4-. The molecule has 0 aromatic rings. The summed E-state index contributed by atoms with van der Waals surface area (Å²) in [7, 11) is 2.10. The molecule has 0 bridgehead atoms. The lowest BCUT2D eigenvalue weighted by Gasteiger charge is -2.17. The van der Waals surface area contributed by atoms with Gasteiger partial charge >= 0.3 is 0 Å². The van der Waals surface area contributed by atoms with Gasteiger partial charge in [-0.2, -0.15) is 0 Å². The Hall–Kier alpha value is -0.980. The van der Waals surface area contributed by atoms with Crippen LogP contribution >= 0.6 is 0 Å². The molecule has 1 aliphatic carbocycles.